The van der Waals surface area contributed by atoms with E-state index in [9.17, 15) is 0 Å². The highest BCUT2D eigenvalue weighted by Gasteiger charge is 2.08. The van der Waals surface area contributed by atoms with E-state index in [2.05, 4.69) is 65.7 Å². The first-order valence-electron chi connectivity index (χ1n) is 6.00. The van der Waals surface area contributed by atoms with E-state index in [1.807, 2.05) is 0 Å². The standard InChI is InChI=1S/C14H18BrNO/c1-4-16-8-11(9-17-10(2)3)13-7-12(15)5-6-14(13)16/h5-8,10H,4,9H2,1-3H3. The second kappa shape index (κ2) is 5.23. The van der Waals surface area contributed by atoms with Crippen LogP contribution in [0.1, 0.15) is 26.3 Å². The predicted octanol–water partition coefficient (Wildman–Crippen LogP) is 4.35. The molecule has 0 unspecified atom stereocenters. The van der Waals surface area contributed by atoms with E-state index < -0.39 is 0 Å². The number of fused-ring (bicyclic) bond motifs is 1. The van der Waals surface area contributed by atoms with Gasteiger partial charge in [0.1, 0.15) is 0 Å². The van der Waals surface area contributed by atoms with E-state index in [1.54, 1.807) is 0 Å². The van der Waals surface area contributed by atoms with Gasteiger partial charge in [-0.3, -0.25) is 0 Å². The maximum absolute atomic E-state index is 5.71. The van der Waals surface area contributed by atoms with Gasteiger partial charge in [-0.2, -0.15) is 0 Å². The van der Waals surface area contributed by atoms with E-state index in [4.69, 9.17) is 4.74 Å². The second-order valence-corrected chi connectivity index (χ2v) is 5.38. The van der Waals surface area contributed by atoms with Crippen molar-refractivity contribution in [2.45, 2.75) is 40.0 Å². The Bertz CT molecular complexity index is 516. The van der Waals surface area contributed by atoms with E-state index in [0.717, 1.165) is 11.0 Å². The van der Waals surface area contributed by atoms with Crippen molar-refractivity contribution in [3.05, 3.63) is 34.4 Å². The zero-order chi connectivity index (χ0) is 12.4. The fraction of sp³-hybridized carbons (Fsp3) is 0.429. The molecule has 1 aromatic carbocycles. The minimum absolute atomic E-state index is 0.266. The first kappa shape index (κ1) is 12.7. The molecule has 2 nitrogen and oxygen atoms in total. The van der Waals surface area contributed by atoms with E-state index in [1.165, 1.54) is 16.5 Å². The number of nitrogens with zero attached hydrogens (tertiary/aromatic N) is 1. The van der Waals surface area contributed by atoms with Crippen LogP contribution in [-0.2, 0) is 17.9 Å². The molecule has 0 aliphatic heterocycles. The summed E-state index contributed by atoms with van der Waals surface area (Å²) in [5.74, 6) is 0. The van der Waals surface area contributed by atoms with Crippen molar-refractivity contribution >= 4 is 26.8 Å². The number of ether oxygens (including phenoxy) is 1. The fourth-order valence-electron chi connectivity index (χ4n) is 1.98. The minimum atomic E-state index is 0.266. The highest BCUT2D eigenvalue weighted by atomic mass is 79.9. The number of aryl methyl sites for hydroxylation is 1. The molecule has 0 aliphatic carbocycles. The maximum atomic E-state index is 5.71. The molecule has 2 rings (SSSR count). The zero-order valence-electron chi connectivity index (χ0n) is 10.5. The number of hydrogen-bond donors (Lipinski definition) is 0. The van der Waals surface area contributed by atoms with Crippen molar-refractivity contribution in [3.63, 3.8) is 0 Å². The molecule has 2 aromatic rings. The third-order valence-electron chi connectivity index (χ3n) is 2.84. The summed E-state index contributed by atoms with van der Waals surface area (Å²) in [4.78, 5) is 0. The SMILES string of the molecule is CCn1cc(COC(C)C)c2cc(Br)ccc21. The van der Waals surface area contributed by atoms with Gasteiger partial charge in [0.15, 0.2) is 0 Å². The average molecular weight is 296 g/mol. The third kappa shape index (κ3) is 2.72. The van der Waals surface area contributed by atoms with Gasteiger partial charge in [-0.05, 0) is 39.0 Å². The average Bonchev–Trinajstić information content (AvgIpc) is 2.63. The molecule has 0 fully saturated rings. The molecular formula is C14H18BrNO. The first-order chi connectivity index (χ1) is 8.11. The lowest BCUT2D eigenvalue weighted by atomic mass is 10.2. The summed E-state index contributed by atoms with van der Waals surface area (Å²) in [6, 6.07) is 6.41. The summed E-state index contributed by atoms with van der Waals surface area (Å²) < 4.78 is 9.09. The molecule has 0 bridgehead atoms. The normalized spacial score (nSPS) is 11.6. The Morgan fingerprint density at radius 2 is 2.12 bits per heavy atom. The molecule has 0 radical (unpaired) electrons. The Morgan fingerprint density at radius 1 is 1.35 bits per heavy atom. The van der Waals surface area contributed by atoms with Gasteiger partial charge in [-0.1, -0.05) is 15.9 Å². The zero-order valence-corrected chi connectivity index (χ0v) is 12.1. The Morgan fingerprint density at radius 3 is 2.76 bits per heavy atom. The molecule has 1 aromatic heterocycles. The predicted molar refractivity (Wildman–Crippen MR) is 75.2 cm³/mol. The molecule has 0 aliphatic rings. The van der Waals surface area contributed by atoms with Crippen LogP contribution in [0.4, 0.5) is 0 Å². The summed E-state index contributed by atoms with van der Waals surface area (Å²) in [6.45, 7) is 7.95. The minimum Gasteiger partial charge on any atom is -0.374 e. The van der Waals surface area contributed by atoms with E-state index in [-0.39, 0.29) is 6.10 Å². The topological polar surface area (TPSA) is 14.2 Å². The van der Waals surface area contributed by atoms with Crippen LogP contribution in [0.2, 0.25) is 0 Å². The van der Waals surface area contributed by atoms with Gasteiger partial charge in [0.2, 0.25) is 0 Å². The van der Waals surface area contributed by atoms with E-state index >= 15 is 0 Å². The van der Waals surface area contributed by atoms with E-state index in [0.29, 0.717) is 6.61 Å². The fourth-order valence-corrected chi connectivity index (χ4v) is 2.34. The molecule has 3 heteroatoms. The Kier molecular flexibility index (Phi) is 3.89. The molecule has 0 amide bonds. The molecule has 92 valence electrons. The van der Waals surface area contributed by atoms with Crippen molar-refractivity contribution < 1.29 is 4.74 Å². The molecule has 0 saturated carbocycles. The van der Waals surface area contributed by atoms with Crippen LogP contribution in [-0.4, -0.2) is 10.7 Å². The van der Waals surface area contributed by atoms with Crippen LogP contribution >= 0.6 is 15.9 Å². The lowest BCUT2D eigenvalue weighted by Crippen LogP contribution is -2.01. The van der Waals surface area contributed by atoms with Gasteiger partial charge in [-0.15, -0.1) is 0 Å². The smallest absolute Gasteiger partial charge is 0.0741 e. The molecule has 0 N–H and O–H groups in total. The Balaban J connectivity index is 2.43. The van der Waals surface area contributed by atoms with Gasteiger partial charge in [0.25, 0.3) is 0 Å². The number of benzene rings is 1. The molecule has 0 spiro atoms. The summed E-state index contributed by atoms with van der Waals surface area (Å²) in [7, 11) is 0. The van der Waals surface area contributed by atoms with Gasteiger partial charge in [0, 0.05) is 33.7 Å². The number of aromatic nitrogens is 1. The molecule has 17 heavy (non-hydrogen) atoms. The van der Waals surface area contributed by atoms with Crippen LogP contribution in [0.15, 0.2) is 28.9 Å². The van der Waals surface area contributed by atoms with Crippen LogP contribution < -0.4 is 0 Å². The highest BCUT2D eigenvalue weighted by Crippen LogP contribution is 2.26. The summed E-state index contributed by atoms with van der Waals surface area (Å²) in [6.07, 6.45) is 2.46. The van der Waals surface area contributed by atoms with Crippen molar-refractivity contribution in [1.29, 1.82) is 0 Å². The summed E-state index contributed by atoms with van der Waals surface area (Å²) >= 11 is 3.53. The van der Waals surface area contributed by atoms with Crippen molar-refractivity contribution in [2.75, 3.05) is 0 Å². The molecule has 0 saturated heterocycles. The lowest BCUT2D eigenvalue weighted by Gasteiger charge is -2.06. The monoisotopic (exact) mass is 295 g/mol. The molecule has 0 atom stereocenters. The van der Waals surface area contributed by atoms with Crippen LogP contribution in [0, 0.1) is 0 Å². The van der Waals surface area contributed by atoms with Gasteiger partial charge >= 0.3 is 0 Å². The van der Waals surface area contributed by atoms with Crippen molar-refractivity contribution in [2.24, 2.45) is 0 Å². The molecular weight excluding hydrogens is 278 g/mol. The highest BCUT2D eigenvalue weighted by molar-refractivity contribution is 9.10. The van der Waals surface area contributed by atoms with Gasteiger partial charge in [0.05, 0.1) is 12.7 Å². The second-order valence-electron chi connectivity index (χ2n) is 4.46. The maximum Gasteiger partial charge on any atom is 0.0741 e. The number of rotatable bonds is 4. The number of halogens is 1. The van der Waals surface area contributed by atoms with Gasteiger partial charge < -0.3 is 9.30 Å². The summed E-state index contributed by atoms with van der Waals surface area (Å²) in [5.41, 5.74) is 2.54. The summed E-state index contributed by atoms with van der Waals surface area (Å²) in [5, 5.41) is 1.28. The Hall–Kier alpha value is -0.800. The number of hydrogen-bond acceptors (Lipinski definition) is 1. The third-order valence-corrected chi connectivity index (χ3v) is 3.33. The van der Waals surface area contributed by atoms with Crippen LogP contribution in [0.25, 0.3) is 10.9 Å². The lowest BCUT2D eigenvalue weighted by molar-refractivity contribution is 0.0663. The van der Waals surface area contributed by atoms with Crippen molar-refractivity contribution in [1.82, 2.24) is 4.57 Å². The molecule has 1 heterocycles. The van der Waals surface area contributed by atoms with Crippen LogP contribution in [0.3, 0.4) is 0 Å². The quantitative estimate of drug-likeness (QED) is 0.818. The van der Waals surface area contributed by atoms with Crippen molar-refractivity contribution in [3.8, 4) is 0 Å². The van der Waals surface area contributed by atoms with Gasteiger partial charge in [-0.25, -0.2) is 0 Å². The first-order valence-corrected chi connectivity index (χ1v) is 6.80. The Labute approximate surface area is 111 Å². The largest absolute Gasteiger partial charge is 0.374 e. The van der Waals surface area contributed by atoms with Crippen LogP contribution in [0.5, 0.6) is 0 Å².